The molecule has 113 heavy (non-hydrogen) atoms. The van der Waals surface area contributed by atoms with Crippen LogP contribution in [0.15, 0.2) is 448 Å². The lowest BCUT2D eigenvalue weighted by molar-refractivity contribution is 1.10. The number of benzene rings is 16. The Labute approximate surface area is 671 Å². The van der Waals surface area contributed by atoms with Gasteiger partial charge in [-0.15, -0.1) is 0 Å². The number of para-hydroxylation sites is 4. The molecule has 0 amide bonds. The predicted molar refractivity (Wildman–Crippen MR) is 488 cm³/mol. The Balaban J connectivity index is 0.000000142. The van der Waals surface area contributed by atoms with E-state index in [1.807, 2.05) is 18.2 Å². The van der Waals surface area contributed by atoms with Crippen molar-refractivity contribution in [3.05, 3.63) is 465 Å². The quantitative estimate of drug-likeness (QED) is 0.0866. The number of hydrogen-bond acceptors (Lipinski definition) is 2. The van der Waals surface area contributed by atoms with Crippen molar-refractivity contribution >= 4 is 88.7 Å². The van der Waals surface area contributed by atoms with E-state index in [0.29, 0.717) is 0 Å². The maximum atomic E-state index is 3.85. The number of nitrogens with zero attached hydrogens (tertiary/aromatic N) is 3. The highest BCUT2D eigenvalue weighted by atomic mass is 79.9. The van der Waals surface area contributed by atoms with Crippen molar-refractivity contribution in [2.75, 3.05) is 10.2 Å². The van der Waals surface area contributed by atoms with Crippen molar-refractivity contribution < 1.29 is 0 Å². The van der Waals surface area contributed by atoms with Crippen LogP contribution < -0.4 is 10.2 Å². The molecule has 1 N–H and O–H groups in total. The van der Waals surface area contributed by atoms with Crippen LogP contribution in [0.25, 0.3) is 134 Å². The molecule has 5 heteroatoms. The Morgan fingerprint density at radius 2 is 0.717 bits per heavy atom. The summed E-state index contributed by atoms with van der Waals surface area (Å²) in [6.45, 7) is 11.9. The summed E-state index contributed by atoms with van der Waals surface area (Å²) in [6, 6.07) is 145. The smallest absolute Gasteiger partial charge is 0.0547 e. The van der Waals surface area contributed by atoms with E-state index < -0.39 is 0 Å². The molecule has 16 aromatic carbocycles. The standard InChI is InChI=1S/C54H38N2.C30H24BrN.C24H21N/c1-4-16-39(17-5-1)41-28-33-45(34-29-41)55(46-35-30-42(31-36-46)40-18-6-2-7-19-40)52-26-14-12-24-49(52)48-23-11-10-22-47(48)43-32-37-51-50-25-13-15-27-53(50)56(54(51)38-43)44-20-8-3-9-21-44;1-3-11-29-21(2)24-19-18-22(20-30(24)32(29)23-12-5-4-6-13-23)25-14-7-8-15-26(25)27-16-9-10-17-28(27)31;1-3-8-19(4-2)21-11-15-23(16-12-21)25-24-17-13-22(14-18-24)20-9-6-5-7-10-20/h1-38H;3-20H,1-2H3;3-18,25H,1-2H2/b;11-3-;19-8+. The van der Waals surface area contributed by atoms with E-state index in [-0.39, 0.29) is 0 Å². The fourth-order valence-corrected chi connectivity index (χ4v) is 15.8. The first kappa shape index (κ1) is 73.1. The lowest BCUT2D eigenvalue weighted by atomic mass is 9.92. The second-order valence-electron chi connectivity index (χ2n) is 27.8. The Kier molecular flexibility index (Phi) is 22.1. The van der Waals surface area contributed by atoms with E-state index in [1.165, 1.54) is 122 Å². The van der Waals surface area contributed by atoms with Gasteiger partial charge in [-0.25, -0.2) is 0 Å². The van der Waals surface area contributed by atoms with Crippen LogP contribution in [-0.4, -0.2) is 9.13 Å². The summed E-state index contributed by atoms with van der Waals surface area (Å²) in [6.07, 6.45) is 9.89. The number of halogens is 1. The molecule has 0 unspecified atom stereocenters. The van der Waals surface area contributed by atoms with Crippen molar-refractivity contribution in [2.24, 2.45) is 0 Å². The van der Waals surface area contributed by atoms with Crippen LogP contribution in [0.2, 0.25) is 0 Å². The summed E-state index contributed by atoms with van der Waals surface area (Å²) in [5, 5.41) is 7.21. The molecule has 0 aliphatic carbocycles. The highest BCUT2D eigenvalue weighted by Crippen LogP contribution is 2.46. The van der Waals surface area contributed by atoms with Crippen LogP contribution in [0.4, 0.5) is 28.4 Å². The van der Waals surface area contributed by atoms with E-state index in [4.69, 9.17) is 0 Å². The molecule has 18 aromatic rings. The topological polar surface area (TPSA) is 25.1 Å². The molecule has 2 aromatic heterocycles. The fraction of sp³-hybridized carbons (Fsp3) is 0.0185. The van der Waals surface area contributed by atoms with E-state index in [0.717, 1.165) is 55.3 Å². The molecule has 0 aliphatic heterocycles. The molecular weight excluding hydrogens is 1430 g/mol. The van der Waals surface area contributed by atoms with Gasteiger partial charge >= 0.3 is 0 Å². The first-order valence-electron chi connectivity index (χ1n) is 38.3. The van der Waals surface area contributed by atoms with Crippen LogP contribution in [0.1, 0.15) is 23.7 Å². The van der Waals surface area contributed by atoms with Crippen molar-refractivity contribution in [1.82, 2.24) is 9.13 Å². The van der Waals surface area contributed by atoms with Gasteiger partial charge in [0, 0.05) is 66.0 Å². The lowest BCUT2D eigenvalue weighted by Crippen LogP contribution is -2.11. The molecule has 0 saturated carbocycles. The van der Waals surface area contributed by atoms with Crippen LogP contribution in [0.3, 0.4) is 0 Å². The summed E-state index contributed by atoms with van der Waals surface area (Å²) < 4.78 is 5.87. The number of anilines is 5. The normalized spacial score (nSPS) is 11.2. The number of nitrogens with one attached hydrogen (secondary N) is 1. The number of fused-ring (bicyclic) bond motifs is 4. The SMILES string of the molecule is C/C=C\c1c(C)c2ccc(-c3ccccc3-c3ccccc3Br)cc2n1-c1ccccc1.C=C/C=C(\C=C)c1ccc(Nc2ccc(-c3ccccc3)cc2)cc1.c1ccc(-c2ccc(N(c3ccc(-c4ccccc4)cc3)c3ccccc3-c3ccccc3-c3ccc4c5ccccc5n(-c5ccccc5)c4c3)cc2)cc1. The third-order valence-corrected chi connectivity index (χ3v) is 21.5. The van der Waals surface area contributed by atoms with Gasteiger partial charge in [0.25, 0.3) is 0 Å². The highest BCUT2D eigenvalue weighted by molar-refractivity contribution is 9.10. The number of hydrogen-bond donors (Lipinski definition) is 1. The maximum Gasteiger partial charge on any atom is 0.0547 e. The lowest BCUT2D eigenvalue weighted by Gasteiger charge is -2.29. The van der Waals surface area contributed by atoms with Crippen molar-refractivity contribution in [3.63, 3.8) is 0 Å². The van der Waals surface area contributed by atoms with Crippen molar-refractivity contribution in [3.8, 4) is 89.3 Å². The minimum absolute atomic E-state index is 1.05. The van der Waals surface area contributed by atoms with Crippen LogP contribution in [-0.2, 0) is 0 Å². The van der Waals surface area contributed by atoms with E-state index >= 15 is 0 Å². The van der Waals surface area contributed by atoms with Crippen LogP contribution in [0, 0.1) is 6.92 Å². The van der Waals surface area contributed by atoms with Gasteiger partial charge < -0.3 is 19.4 Å². The molecule has 2 heterocycles. The molecule has 0 spiro atoms. The van der Waals surface area contributed by atoms with Crippen LogP contribution in [0.5, 0.6) is 0 Å². The Morgan fingerprint density at radius 3 is 1.22 bits per heavy atom. The summed E-state index contributed by atoms with van der Waals surface area (Å²) >= 11 is 3.74. The first-order valence-corrected chi connectivity index (χ1v) is 39.1. The first-order chi connectivity index (χ1) is 55.8. The van der Waals surface area contributed by atoms with E-state index in [1.54, 1.807) is 6.08 Å². The molecule has 542 valence electrons. The van der Waals surface area contributed by atoms with Gasteiger partial charge in [-0.3, -0.25) is 0 Å². The zero-order chi connectivity index (χ0) is 76.8. The molecule has 18 rings (SSSR count). The minimum Gasteiger partial charge on any atom is -0.356 e. The third-order valence-electron chi connectivity index (χ3n) is 20.9. The zero-order valence-electron chi connectivity index (χ0n) is 63.2. The summed E-state index contributed by atoms with van der Waals surface area (Å²) in [5.74, 6) is 0. The number of allylic oxidation sites excluding steroid dienone is 5. The average Bonchev–Trinajstić information content (AvgIpc) is 1.61. The molecule has 4 nitrogen and oxygen atoms in total. The summed E-state index contributed by atoms with van der Waals surface area (Å²) in [7, 11) is 0. The zero-order valence-corrected chi connectivity index (χ0v) is 64.8. The molecular formula is C108H83BrN4. The van der Waals surface area contributed by atoms with Crippen molar-refractivity contribution in [2.45, 2.75) is 13.8 Å². The minimum atomic E-state index is 1.05. The van der Waals surface area contributed by atoms with Gasteiger partial charge in [0.1, 0.15) is 0 Å². The molecule has 0 radical (unpaired) electrons. The Hall–Kier alpha value is -14.1. The number of rotatable bonds is 18. The molecule has 0 aliphatic rings. The molecule has 0 atom stereocenters. The second kappa shape index (κ2) is 34.2. The molecule has 0 saturated heterocycles. The molecule has 0 bridgehead atoms. The third kappa shape index (κ3) is 15.8. The van der Waals surface area contributed by atoms with E-state index in [2.05, 4.69) is 475 Å². The monoisotopic (exact) mass is 1510 g/mol. The van der Waals surface area contributed by atoms with Gasteiger partial charge in [-0.05, 0) is 212 Å². The second-order valence-corrected chi connectivity index (χ2v) is 28.6. The number of aromatic nitrogens is 2. The predicted octanol–water partition coefficient (Wildman–Crippen LogP) is 30.8. The fourth-order valence-electron chi connectivity index (χ4n) is 15.4. The summed E-state index contributed by atoms with van der Waals surface area (Å²) in [5.41, 5.74) is 32.9. The molecule has 0 fully saturated rings. The van der Waals surface area contributed by atoms with E-state index in [9.17, 15) is 0 Å². The van der Waals surface area contributed by atoms with Gasteiger partial charge in [0.2, 0.25) is 0 Å². The van der Waals surface area contributed by atoms with Crippen LogP contribution >= 0.6 is 15.9 Å². The summed E-state index contributed by atoms with van der Waals surface area (Å²) in [4.78, 5) is 2.39. The highest BCUT2D eigenvalue weighted by Gasteiger charge is 2.22. The Morgan fingerprint density at radius 1 is 0.336 bits per heavy atom. The van der Waals surface area contributed by atoms with Crippen molar-refractivity contribution in [1.29, 1.82) is 0 Å². The Bertz CT molecular complexity index is 6320. The average molecular weight is 1520 g/mol. The van der Waals surface area contributed by atoms with Gasteiger partial charge in [-0.2, -0.15) is 0 Å². The maximum absolute atomic E-state index is 3.85. The van der Waals surface area contributed by atoms with Gasteiger partial charge in [0.05, 0.1) is 22.2 Å². The number of aryl methyl sites for hydroxylation is 1. The van der Waals surface area contributed by atoms with Gasteiger partial charge in [0.15, 0.2) is 0 Å². The van der Waals surface area contributed by atoms with Gasteiger partial charge in [-0.1, -0.05) is 357 Å². The largest absolute Gasteiger partial charge is 0.356 e.